The van der Waals surface area contributed by atoms with Crippen LogP contribution in [-0.4, -0.2) is 49.5 Å². The molecule has 4 aromatic rings. The average Bonchev–Trinajstić information content (AvgIpc) is 2.92. The maximum atomic E-state index is 13.2. The van der Waals surface area contributed by atoms with Crippen LogP contribution < -0.4 is 30.4 Å². The zero-order valence-corrected chi connectivity index (χ0v) is 19.9. The summed E-state index contributed by atoms with van der Waals surface area (Å²) in [6, 6.07) is 18.4. The second-order valence-electron chi connectivity index (χ2n) is 7.58. The zero-order chi connectivity index (χ0) is 25.7. The molecule has 4 rings (SSSR count). The summed E-state index contributed by atoms with van der Waals surface area (Å²) in [7, 11) is 4.48. The summed E-state index contributed by atoms with van der Waals surface area (Å²) in [4.78, 5) is 38.8. The minimum Gasteiger partial charge on any atom is -0.495 e. The molecule has 0 spiro atoms. The number of hydrogen-bond acceptors (Lipinski definition) is 7. The topological polar surface area (TPSA) is 121 Å². The Kier molecular flexibility index (Phi) is 7.15. The van der Waals surface area contributed by atoms with Gasteiger partial charge in [0.05, 0.1) is 44.6 Å². The highest BCUT2D eigenvalue weighted by atomic mass is 16.5. The van der Waals surface area contributed by atoms with E-state index < -0.39 is 17.4 Å². The van der Waals surface area contributed by atoms with Crippen LogP contribution in [0.25, 0.3) is 16.5 Å². The van der Waals surface area contributed by atoms with Crippen LogP contribution in [0.4, 0.5) is 5.69 Å². The van der Waals surface area contributed by atoms with Gasteiger partial charge >= 0.3 is 0 Å². The van der Waals surface area contributed by atoms with E-state index in [1.54, 1.807) is 66.7 Å². The summed E-state index contributed by atoms with van der Waals surface area (Å²) in [6.07, 6.45) is 0. The second-order valence-corrected chi connectivity index (χ2v) is 7.58. The lowest BCUT2D eigenvalue weighted by molar-refractivity contribution is -0.115. The zero-order valence-electron chi connectivity index (χ0n) is 19.9. The number of anilines is 1. The Morgan fingerprint density at radius 3 is 2.22 bits per heavy atom. The number of carbonyl (C=O) groups is 2. The Balaban J connectivity index is 1.65. The molecule has 2 N–H and O–H groups in total. The maximum absolute atomic E-state index is 13.2. The van der Waals surface area contributed by atoms with Crippen molar-refractivity contribution in [3.05, 3.63) is 82.8 Å². The Labute approximate surface area is 206 Å². The van der Waals surface area contributed by atoms with Crippen molar-refractivity contribution in [2.45, 2.75) is 0 Å². The number of nitrogens with zero attached hydrogens (tertiary/aromatic N) is 2. The Bertz CT molecular complexity index is 1500. The molecule has 0 aliphatic heterocycles. The fourth-order valence-corrected chi connectivity index (χ4v) is 3.68. The van der Waals surface area contributed by atoms with E-state index in [9.17, 15) is 14.4 Å². The second kappa shape index (κ2) is 10.6. The molecule has 0 bridgehead atoms. The quantitative estimate of drug-likeness (QED) is 0.391. The lowest BCUT2D eigenvalue weighted by atomic mass is 10.1. The highest BCUT2D eigenvalue weighted by Gasteiger charge is 2.19. The van der Waals surface area contributed by atoms with Gasteiger partial charge in [0.15, 0.2) is 17.2 Å². The number of benzene rings is 3. The van der Waals surface area contributed by atoms with Gasteiger partial charge in [0.25, 0.3) is 11.5 Å². The van der Waals surface area contributed by atoms with Gasteiger partial charge in [-0.15, -0.1) is 0 Å². The van der Waals surface area contributed by atoms with Crippen molar-refractivity contribution >= 4 is 28.3 Å². The van der Waals surface area contributed by atoms with E-state index in [2.05, 4.69) is 15.7 Å². The number of aromatic nitrogens is 2. The van der Waals surface area contributed by atoms with E-state index in [1.165, 1.54) is 21.3 Å². The molecule has 0 aliphatic rings. The first-order valence-electron chi connectivity index (χ1n) is 10.9. The molecule has 0 saturated heterocycles. The van der Waals surface area contributed by atoms with Crippen molar-refractivity contribution in [3.8, 4) is 22.9 Å². The number of hydrogen-bond donors (Lipinski definition) is 2. The molecular weight excluding hydrogens is 464 g/mol. The van der Waals surface area contributed by atoms with Gasteiger partial charge in [-0.1, -0.05) is 30.3 Å². The molecule has 184 valence electrons. The lowest BCUT2D eigenvalue weighted by Crippen LogP contribution is -2.35. The summed E-state index contributed by atoms with van der Waals surface area (Å²) in [5.74, 6) is 0.304. The van der Waals surface area contributed by atoms with Crippen molar-refractivity contribution in [3.63, 3.8) is 0 Å². The minimum atomic E-state index is -0.615. The largest absolute Gasteiger partial charge is 0.495 e. The fourth-order valence-electron chi connectivity index (χ4n) is 3.68. The summed E-state index contributed by atoms with van der Waals surface area (Å²) in [6.45, 7) is -0.317. The fraction of sp³-hybridized carbons (Fsp3) is 0.154. The molecular formula is C26H24N4O6. The summed E-state index contributed by atoms with van der Waals surface area (Å²) in [5.41, 5.74) is 0.435. The molecule has 1 aromatic heterocycles. The van der Waals surface area contributed by atoms with Gasteiger partial charge in [-0.3, -0.25) is 14.4 Å². The Hall–Kier alpha value is -4.86. The molecule has 0 atom stereocenters. The molecule has 1 heterocycles. The van der Waals surface area contributed by atoms with E-state index in [1.807, 2.05) is 0 Å². The Morgan fingerprint density at radius 1 is 0.833 bits per heavy atom. The molecule has 10 heteroatoms. The van der Waals surface area contributed by atoms with Crippen LogP contribution in [0.3, 0.4) is 0 Å². The van der Waals surface area contributed by atoms with Crippen LogP contribution >= 0.6 is 0 Å². The predicted octanol–water partition coefficient (Wildman–Crippen LogP) is 2.78. The molecule has 0 radical (unpaired) electrons. The monoisotopic (exact) mass is 488 g/mol. The standard InChI is InChI=1S/C26H24N4O6/c1-34-20-11-7-6-10-19(20)28-23(31)15-27-25(32)24-17-8-4-5-9-18(17)26(33)30(29-24)16-12-13-21(35-2)22(14-16)36-3/h4-14H,15H2,1-3H3,(H,27,32)(H,28,31). The number of fused-ring (bicyclic) bond motifs is 1. The predicted molar refractivity (Wildman–Crippen MR) is 134 cm³/mol. The molecule has 0 fully saturated rings. The van der Waals surface area contributed by atoms with E-state index >= 15 is 0 Å². The molecule has 0 saturated carbocycles. The van der Waals surface area contributed by atoms with E-state index in [0.717, 1.165) is 4.68 Å². The highest BCUT2D eigenvalue weighted by molar-refractivity contribution is 6.06. The van der Waals surface area contributed by atoms with Gasteiger partial charge in [-0.2, -0.15) is 9.78 Å². The lowest BCUT2D eigenvalue weighted by Gasteiger charge is -2.14. The third-order valence-electron chi connectivity index (χ3n) is 5.42. The molecule has 36 heavy (non-hydrogen) atoms. The Morgan fingerprint density at radius 2 is 1.50 bits per heavy atom. The SMILES string of the molecule is COc1ccccc1NC(=O)CNC(=O)c1nn(-c2ccc(OC)c(OC)c2)c(=O)c2ccccc12. The van der Waals surface area contributed by atoms with E-state index in [-0.39, 0.29) is 12.2 Å². The number of rotatable bonds is 8. The summed E-state index contributed by atoms with van der Waals surface area (Å²) < 4.78 is 16.9. The number of nitrogens with one attached hydrogen (secondary N) is 2. The van der Waals surface area contributed by atoms with E-state index in [0.29, 0.717) is 39.4 Å². The van der Waals surface area contributed by atoms with Crippen LogP contribution in [0.5, 0.6) is 17.2 Å². The maximum Gasteiger partial charge on any atom is 0.279 e. The third-order valence-corrected chi connectivity index (χ3v) is 5.42. The summed E-state index contributed by atoms with van der Waals surface area (Å²) in [5, 5.41) is 10.3. The van der Waals surface area contributed by atoms with Gasteiger partial charge in [-0.25, -0.2) is 0 Å². The smallest absolute Gasteiger partial charge is 0.279 e. The summed E-state index contributed by atoms with van der Waals surface area (Å²) >= 11 is 0. The van der Waals surface area contributed by atoms with Crippen LogP contribution in [-0.2, 0) is 4.79 Å². The molecule has 10 nitrogen and oxygen atoms in total. The van der Waals surface area contributed by atoms with Gasteiger partial charge in [0.2, 0.25) is 5.91 Å². The first-order chi connectivity index (χ1) is 17.5. The number of amides is 2. The van der Waals surface area contributed by atoms with Crippen molar-refractivity contribution in [1.82, 2.24) is 15.1 Å². The average molecular weight is 489 g/mol. The van der Waals surface area contributed by atoms with Crippen LogP contribution in [0.2, 0.25) is 0 Å². The number of methoxy groups -OCH3 is 3. The van der Waals surface area contributed by atoms with E-state index in [4.69, 9.17) is 14.2 Å². The van der Waals surface area contributed by atoms with Crippen LogP contribution in [0, 0.1) is 0 Å². The van der Waals surface area contributed by atoms with Crippen molar-refractivity contribution < 1.29 is 23.8 Å². The van der Waals surface area contributed by atoms with Crippen molar-refractivity contribution in [2.24, 2.45) is 0 Å². The molecule has 0 unspecified atom stereocenters. The minimum absolute atomic E-state index is 0.00919. The van der Waals surface area contributed by atoms with Crippen molar-refractivity contribution in [2.75, 3.05) is 33.2 Å². The number of ether oxygens (including phenoxy) is 3. The van der Waals surface area contributed by atoms with Crippen LogP contribution in [0.1, 0.15) is 10.5 Å². The molecule has 2 amide bonds. The number of carbonyl (C=O) groups excluding carboxylic acids is 2. The normalized spacial score (nSPS) is 10.5. The molecule has 0 aliphatic carbocycles. The van der Waals surface area contributed by atoms with Gasteiger partial charge in [-0.05, 0) is 30.3 Å². The van der Waals surface area contributed by atoms with Crippen molar-refractivity contribution in [1.29, 1.82) is 0 Å². The van der Waals surface area contributed by atoms with Gasteiger partial charge < -0.3 is 24.8 Å². The first kappa shape index (κ1) is 24.3. The third kappa shape index (κ3) is 4.83. The van der Waals surface area contributed by atoms with Gasteiger partial charge in [0, 0.05) is 11.5 Å². The van der Waals surface area contributed by atoms with Crippen LogP contribution in [0.15, 0.2) is 71.5 Å². The first-order valence-corrected chi connectivity index (χ1v) is 10.9. The number of para-hydroxylation sites is 2. The highest BCUT2D eigenvalue weighted by Crippen LogP contribution is 2.29. The molecule has 3 aromatic carbocycles. The van der Waals surface area contributed by atoms with Gasteiger partial charge in [0.1, 0.15) is 5.75 Å².